The van der Waals surface area contributed by atoms with Crippen molar-refractivity contribution in [2.45, 2.75) is 30.5 Å². The molecule has 0 saturated heterocycles. The number of amides is 1. The van der Waals surface area contributed by atoms with E-state index in [-0.39, 0.29) is 5.91 Å². The van der Waals surface area contributed by atoms with Crippen molar-refractivity contribution in [2.75, 3.05) is 5.32 Å². The van der Waals surface area contributed by atoms with Gasteiger partial charge in [0.15, 0.2) is 0 Å². The van der Waals surface area contributed by atoms with Gasteiger partial charge in [0.2, 0.25) is 5.91 Å². The second-order valence-corrected chi connectivity index (χ2v) is 9.43. The van der Waals surface area contributed by atoms with E-state index in [1.54, 1.807) is 24.3 Å². The predicted octanol–water partition coefficient (Wildman–Crippen LogP) is 6.98. The Morgan fingerprint density at radius 3 is 2.31 bits per heavy atom. The van der Waals surface area contributed by atoms with Gasteiger partial charge >= 0.3 is 0 Å². The van der Waals surface area contributed by atoms with Crippen molar-refractivity contribution in [3.63, 3.8) is 0 Å². The second kappa shape index (κ2) is 11.4. The molecule has 1 heterocycles. The number of para-hydroxylation sites is 1. The second-order valence-electron chi connectivity index (χ2n) is 8.24. The van der Waals surface area contributed by atoms with Gasteiger partial charge < -0.3 is 5.32 Å². The maximum atomic E-state index is 13.2. The Bertz CT molecular complexity index is 1470. The van der Waals surface area contributed by atoms with E-state index >= 15 is 0 Å². The van der Waals surface area contributed by atoms with Gasteiger partial charge in [0.05, 0.1) is 27.8 Å². The molecule has 0 aliphatic carbocycles. The number of nitrogens with zero attached hydrogens (tertiary/aromatic N) is 3. The summed E-state index contributed by atoms with van der Waals surface area (Å²) in [4.78, 5) is 18.0. The number of nitrogens with one attached hydrogen (secondary N) is 1. The number of hydrogen-bond donors (Lipinski definition) is 1. The van der Waals surface area contributed by atoms with Crippen LogP contribution in [0.1, 0.15) is 30.0 Å². The van der Waals surface area contributed by atoms with Gasteiger partial charge in [-0.1, -0.05) is 91.0 Å². The lowest BCUT2D eigenvalue weighted by molar-refractivity contribution is -0.115. The average molecular weight is 489 g/mol. The molecular formula is C30H24N4OS. The molecule has 0 fully saturated rings. The summed E-state index contributed by atoms with van der Waals surface area (Å²) in [6.07, 6.45) is 0.521. The van der Waals surface area contributed by atoms with Crippen LogP contribution in [0.4, 0.5) is 5.69 Å². The number of anilines is 1. The fraction of sp³-hybridized carbons (Fsp3) is 0.133. The predicted molar refractivity (Wildman–Crippen MR) is 144 cm³/mol. The van der Waals surface area contributed by atoms with Crippen molar-refractivity contribution < 1.29 is 4.79 Å². The Kier molecular flexibility index (Phi) is 7.80. The average Bonchev–Trinajstić information content (AvgIpc) is 2.92. The van der Waals surface area contributed by atoms with Crippen LogP contribution in [0.5, 0.6) is 0 Å². The number of nitriles is 2. The van der Waals surface area contributed by atoms with Crippen molar-refractivity contribution in [2.24, 2.45) is 0 Å². The zero-order valence-corrected chi connectivity index (χ0v) is 20.8. The van der Waals surface area contributed by atoms with Gasteiger partial charge in [0, 0.05) is 11.1 Å². The summed E-state index contributed by atoms with van der Waals surface area (Å²) >= 11 is 1.27. The van der Waals surface area contributed by atoms with E-state index in [2.05, 4.69) is 17.5 Å². The van der Waals surface area contributed by atoms with E-state index in [9.17, 15) is 15.3 Å². The van der Waals surface area contributed by atoms with Crippen molar-refractivity contribution in [3.05, 3.63) is 102 Å². The van der Waals surface area contributed by atoms with Gasteiger partial charge in [0.25, 0.3) is 0 Å². The van der Waals surface area contributed by atoms with Crippen LogP contribution in [0.3, 0.4) is 0 Å². The lowest BCUT2D eigenvalue weighted by Crippen LogP contribution is -2.25. The van der Waals surface area contributed by atoms with Crippen molar-refractivity contribution in [1.82, 2.24) is 4.98 Å². The van der Waals surface area contributed by atoms with Crippen LogP contribution in [-0.4, -0.2) is 16.1 Å². The minimum atomic E-state index is -0.506. The SMILES string of the molecule is CCC(Sc1nc(-c2ccccc2)cc(-c2ccc(C)cc2)c1C#N)C(=O)Nc1ccccc1C#N. The molecule has 6 heteroatoms. The maximum Gasteiger partial charge on any atom is 0.237 e. The van der Waals surface area contributed by atoms with E-state index in [1.165, 1.54) is 11.8 Å². The molecule has 36 heavy (non-hydrogen) atoms. The first kappa shape index (κ1) is 24.7. The summed E-state index contributed by atoms with van der Waals surface area (Å²) in [7, 11) is 0. The van der Waals surface area contributed by atoms with E-state index in [1.807, 2.05) is 74.5 Å². The molecule has 176 valence electrons. The number of benzene rings is 3. The van der Waals surface area contributed by atoms with Gasteiger partial charge in [-0.25, -0.2) is 4.98 Å². The molecule has 1 unspecified atom stereocenters. The van der Waals surface area contributed by atoms with E-state index < -0.39 is 5.25 Å². The number of carbonyl (C=O) groups excluding carboxylic acids is 1. The minimum Gasteiger partial charge on any atom is -0.324 e. The first-order valence-electron chi connectivity index (χ1n) is 11.6. The number of rotatable bonds is 7. The van der Waals surface area contributed by atoms with Crippen LogP contribution in [0.2, 0.25) is 0 Å². The van der Waals surface area contributed by atoms with Gasteiger partial charge in [-0.3, -0.25) is 4.79 Å². The molecular weight excluding hydrogens is 464 g/mol. The normalized spacial score (nSPS) is 11.2. The topological polar surface area (TPSA) is 89.6 Å². The number of thioether (sulfide) groups is 1. The summed E-state index contributed by atoms with van der Waals surface area (Å²) in [6, 6.07) is 31.1. The first-order valence-corrected chi connectivity index (χ1v) is 12.5. The summed E-state index contributed by atoms with van der Waals surface area (Å²) in [6.45, 7) is 3.94. The van der Waals surface area contributed by atoms with Crippen LogP contribution in [0.25, 0.3) is 22.4 Å². The van der Waals surface area contributed by atoms with Crippen molar-refractivity contribution in [1.29, 1.82) is 10.5 Å². The molecule has 1 amide bonds. The van der Waals surface area contributed by atoms with Crippen molar-refractivity contribution >= 4 is 23.4 Å². The van der Waals surface area contributed by atoms with Gasteiger partial charge in [-0.05, 0) is 37.1 Å². The number of aryl methyl sites for hydroxylation is 1. The molecule has 0 bridgehead atoms. The summed E-state index contributed by atoms with van der Waals surface area (Å²) in [5, 5.41) is 22.4. The molecule has 5 nitrogen and oxygen atoms in total. The molecule has 3 aromatic carbocycles. The highest BCUT2D eigenvalue weighted by atomic mass is 32.2. The first-order chi connectivity index (χ1) is 17.5. The summed E-state index contributed by atoms with van der Waals surface area (Å²) in [5.74, 6) is -0.238. The van der Waals surface area contributed by atoms with Crippen LogP contribution in [0.15, 0.2) is 90.0 Å². The lowest BCUT2D eigenvalue weighted by Gasteiger charge is -2.18. The Labute approximate surface area is 215 Å². The molecule has 1 N–H and O–H groups in total. The number of pyridine rings is 1. The monoisotopic (exact) mass is 488 g/mol. The fourth-order valence-electron chi connectivity index (χ4n) is 3.79. The highest BCUT2D eigenvalue weighted by molar-refractivity contribution is 8.00. The molecule has 0 aliphatic rings. The van der Waals surface area contributed by atoms with Crippen LogP contribution in [0, 0.1) is 29.6 Å². The van der Waals surface area contributed by atoms with Crippen LogP contribution >= 0.6 is 11.8 Å². The zero-order chi connectivity index (χ0) is 25.5. The Balaban J connectivity index is 1.76. The van der Waals surface area contributed by atoms with Crippen LogP contribution in [-0.2, 0) is 4.79 Å². The smallest absolute Gasteiger partial charge is 0.237 e. The van der Waals surface area contributed by atoms with E-state index in [0.29, 0.717) is 28.3 Å². The number of hydrogen-bond acceptors (Lipinski definition) is 5. The number of aromatic nitrogens is 1. The lowest BCUT2D eigenvalue weighted by atomic mass is 9.98. The molecule has 0 aliphatic heterocycles. The summed E-state index contributed by atoms with van der Waals surface area (Å²) < 4.78 is 0. The molecule has 0 saturated carbocycles. The third-order valence-electron chi connectivity index (χ3n) is 5.75. The standard InChI is InChI=1S/C30H24N4OS/c1-3-28(29(35)33-26-12-8-7-11-23(26)18-31)36-30-25(19-32)24(21-15-13-20(2)14-16-21)17-27(34-30)22-9-5-4-6-10-22/h4-17,28H,3H2,1-2H3,(H,33,35). The fourth-order valence-corrected chi connectivity index (χ4v) is 4.82. The molecule has 0 spiro atoms. The van der Waals surface area contributed by atoms with E-state index in [0.717, 1.165) is 27.9 Å². The molecule has 1 aromatic heterocycles. The Morgan fingerprint density at radius 2 is 1.64 bits per heavy atom. The van der Waals surface area contributed by atoms with Gasteiger partial charge in [-0.2, -0.15) is 10.5 Å². The Hall–Kier alpha value is -4.39. The van der Waals surface area contributed by atoms with Crippen molar-refractivity contribution in [3.8, 4) is 34.5 Å². The summed E-state index contributed by atoms with van der Waals surface area (Å²) in [5.41, 5.74) is 5.79. The van der Waals surface area contributed by atoms with E-state index in [4.69, 9.17) is 4.98 Å². The third-order valence-corrected chi connectivity index (χ3v) is 7.10. The minimum absolute atomic E-state index is 0.238. The number of carbonyl (C=O) groups is 1. The van der Waals surface area contributed by atoms with Crippen LogP contribution < -0.4 is 5.32 Å². The zero-order valence-electron chi connectivity index (χ0n) is 20.0. The molecule has 1 atom stereocenters. The quantitative estimate of drug-likeness (QED) is 0.284. The third kappa shape index (κ3) is 5.46. The van der Waals surface area contributed by atoms with Gasteiger partial charge in [-0.15, -0.1) is 0 Å². The largest absolute Gasteiger partial charge is 0.324 e. The molecule has 4 rings (SSSR count). The highest BCUT2D eigenvalue weighted by Crippen LogP contribution is 2.36. The molecule has 0 radical (unpaired) electrons. The van der Waals surface area contributed by atoms with Gasteiger partial charge in [0.1, 0.15) is 17.2 Å². The molecule has 4 aromatic rings. The Morgan fingerprint density at radius 1 is 0.944 bits per heavy atom. The maximum absolute atomic E-state index is 13.2. The highest BCUT2D eigenvalue weighted by Gasteiger charge is 2.24.